The molecule has 0 aromatic carbocycles. The first-order chi connectivity index (χ1) is 7.56. The van der Waals surface area contributed by atoms with Gasteiger partial charge in [-0.15, -0.1) is 0 Å². The Morgan fingerprint density at radius 1 is 1.44 bits per heavy atom. The fourth-order valence-electron chi connectivity index (χ4n) is 1.22. The van der Waals surface area contributed by atoms with Crippen LogP contribution in [0, 0.1) is 0 Å². The van der Waals surface area contributed by atoms with Gasteiger partial charge in [-0.2, -0.15) is 0 Å². The van der Waals surface area contributed by atoms with Crippen LogP contribution in [0.1, 0.15) is 13.3 Å². The van der Waals surface area contributed by atoms with Crippen LogP contribution >= 0.6 is 0 Å². The Morgan fingerprint density at radius 2 is 2.12 bits per heavy atom. The minimum atomic E-state index is -0.487. The van der Waals surface area contributed by atoms with Gasteiger partial charge in [-0.3, -0.25) is 14.2 Å². The van der Waals surface area contributed by atoms with Crippen molar-refractivity contribution in [1.29, 1.82) is 0 Å². The van der Waals surface area contributed by atoms with Crippen LogP contribution in [0.2, 0.25) is 0 Å². The van der Waals surface area contributed by atoms with Crippen LogP contribution in [0.5, 0.6) is 0 Å². The lowest BCUT2D eigenvalue weighted by atomic mass is 10.4. The van der Waals surface area contributed by atoms with Gasteiger partial charge in [0.05, 0.1) is 0 Å². The van der Waals surface area contributed by atoms with Gasteiger partial charge >= 0.3 is 5.69 Å². The summed E-state index contributed by atoms with van der Waals surface area (Å²) in [6.07, 6.45) is 2.19. The molecule has 6 nitrogen and oxygen atoms in total. The summed E-state index contributed by atoms with van der Waals surface area (Å²) in [5.74, 6) is -0.327. The van der Waals surface area contributed by atoms with E-state index in [1.54, 1.807) is 0 Å². The molecule has 0 spiro atoms. The van der Waals surface area contributed by atoms with Crippen LogP contribution in [0.15, 0.2) is 21.9 Å². The predicted octanol–water partition coefficient (Wildman–Crippen LogP) is -0.927. The van der Waals surface area contributed by atoms with E-state index in [4.69, 9.17) is 0 Å². The first kappa shape index (κ1) is 12.2. The largest absolute Gasteiger partial charge is 0.355 e. The first-order valence-corrected chi connectivity index (χ1v) is 5.09. The van der Waals surface area contributed by atoms with Crippen LogP contribution in [0.4, 0.5) is 0 Å². The van der Waals surface area contributed by atoms with E-state index in [1.165, 1.54) is 23.9 Å². The molecule has 0 aliphatic heterocycles. The quantitative estimate of drug-likeness (QED) is 0.719. The van der Waals surface area contributed by atoms with Gasteiger partial charge in [-0.05, 0) is 6.42 Å². The maximum atomic E-state index is 11.5. The molecule has 0 atom stereocenters. The van der Waals surface area contributed by atoms with E-state index in [0.29, 0.717) is 6.54 Å². The number of carbonyl (C=O) groups excluding carboxylic acids is 1. The summed E-state index contributed by atoms with van der Waals surface area (Å²) in [4.78, 5) is 34.3. The third kappa shape index (κ3) is 2.82. The van der Waals surface area contributed by atoms with E-state index >= 15 is 0 Å². The topological polar surface area (TPSA) is 73.1 Å². The van der Waals surface area contributed by atoms with E-state index in [-0.39, 0.29) is 12.5 Å². The molecular formula is C10H15N3O3. The zero-order valence-corrected chi connectivity index (χ0v) is 9.40. The van der Waals surface area contributed by atoms with Crippen molar-refractivity contribution in [3.8, 4) is 0 Å². The third-order valence-electron chi connectivity index (χ3n) is 2.11. The molecule has 0 aliphatic rings. The highest BCUT2D eigenvalue weighted by atomic mass is 16.2. The average Bonchev–Trinajstić information content (AvgIpc) is 2.27. The number of hydrogen-bond donors (Lipinski definition) is 1. The van der Waals surface area contributed by atoms with Crippen LogP contribution in [-0.4, -0.2) is 21.6 Å². The van der Waals surface area contributed by atoms with Crippen molar-refractivity contribution in [3.63, 3.8) is 0 Å². The van der Waals surface area contributed by atoms with E-state index in [0.717, 1.165) is 11.0 Å². The Bertz CT molecular complexity index is 487. The van der Waals surface area contributed by atoms with Gasteiger partial charge in [0.25, 0.3) is 5.56 Å². The lowest BCUT2D eigenvalue weighted by Gasteiger charge is -2.06. The van der Waals surface area contributed by atoms with Gasteiger partial charge in [0.2, 0.25) is 5.91 Å². The van der Waals surface area contributed by atoms with Crippen molar-refractivity contribution in [3.05, 3.63) is 33.1 Å². The van der Waals surface area contributed by atoms with Gasteiger partial charge in [-0.25, -0.2) is 4.79 Å². The summed E-state index contributed by atoms with van der Waals surface area (Å²) in [6, 6.07) is 1.26. The van der Waals surface area contributed by atoms with E-state index in [2.05, 4.69) is 5.32 Å². The highest BCUT2D eigenvalue weighted by Gasteiger charge is 2.07. The Kier molecular flexibility index (Phi) is 4.04. The summed E-state index contributed by atoms with van der Waals surface area (Å²) in [7, 11) is 1.53. The summed E-state index contributed by atoms with van der Waals surface area (Å²) in [5, 5.41) is 2.61. The molecule has 0 saturated heterocycles. The third-order valence-corrected chi connectivity index (χ3v) is 2.11. The fourth-order valence-corrected chi connectivity index (χ4v) is 1.22. The summed E-state index contributed by atoms with van der Waals surface area (Å²) >= 11 is 0. The zero-order valence-electron chi connectivity index (χ0n) is 9.40. The minimum absolute atomic E-state index is 0.230. The molecule has 1 aromatic rings. The molecule has 0 fully saturated rings. The molecule has 1 amide bonds. The number of carbonyl (C=O) groups is 1. The number of rotatable bonds is 4. The Hall–Kier alpha value is -1.85. The summed E-state index contributed by atoms with van der Waals surface area (Å²) in [5.41, 5.74) is -0.950. The van der Waals surface area contributed by atoms with E-state index in [1.807, 2.05) is 6.92 Å². The summed E-state index contributed by atoms with van der Waals surface area (Å²) in [6.45, 7) is 2.24. The second kappa shape index (κ2) is 5.29. The van der Waals surface area contributed by atoms with Gasteiger partial charge in [-0.1, -0.05) is 6.92 Å². The van der Waals surface area contributed by atoms with Crippen molar-refractivity contribution in [2.24, 2.45) is 7.05 Å². The Labute approximate surface area is 92.5 Å². The molecule has 1 aromatic heterocycles. The highest BCUT2D eigenvalue weighted by Crippen LogP contribution is 1.77. The predicted molar refractivity (Wildman–Crippen MR) is 59.2 cm³/mol. The molecule has 1 rings (SSSR count). The molecule has 88 valence electrons. The van der Waals surface area contributed by atoms with Crippen LogP contribution in [0.3, 0.4) is 0 Å². The smallest absolute Gasteiger partial charge is 0.331 e. The highest BCUT2D eigenvalue weighted by molar-refractivity contribution is 5.75. The molecule has 0 bridgehead atoms. The summed E-state index contributed by atoms with van der Waals surface area (Å²) < 4.78 is 2.17. The molecule has 6 heteroatoms. The molecule has 0 unspecified atom stereocenters. The molecule has 0 aliphatic carbocycles. The Morgan fingerprint density at radius 3 is 2.75 bits per heavy atom. The Balaban J connectivity index is 2.89. The maximum Gasteiger partial charge on any atom is 0.331 e. The molecule has 0 radical (unpaired) electrons. The molecule has 0 saturated carbocycles. The van der Waals surface area contributed by atoms with Gasteiger partial charge in [0, 0.05) is 25.9 Å². The lowest BCUT2D eigenvalue weighted by molar-refractivity contribution is -0.121. The van der Waals surface area contributed by atoms with E-state index in [9.17, 15) is 14.4 Å². The van der Waals surface area contributed by atoms with Crippen molar-refractivity contribution in [2.45, 2.75) is 19.9 Å². The first-order valence-electron chi connectivity index (χ1n) is 5.09. The standard InChI is InChI=1S/C10H15N3O3/c1-3-5-11-8(14)7-13-9(15)4-6-12(2)10(13)16/h4,6H,3,5,7H2,1-2H3,(H,11,14). The van der Waals surface area contributed by atoms with Crippen molar-refractivity contribution >= 4 is 5.91 Å². The number of nitrogens with zero attached hydrogens (tertiary/aromatic N) is 2. The number of aryl methyl sites for hydroxylation is 1. The van der Waals surface area contributed by atoms with Crippen LogP contribution in [-0.2, 0) is 18.4 Å². The number of aromatic nitrogens is 2. The van der Waals surface area contributed by atoms with Crippen molar-refractivity contribution in [2.75, 3.05) is 6.54 Å². The van der Waals surface area contributed by atoms with Gasteiger partial charge in [0.1, 0.15) is 6.54 Å². The zero-order chi connectivity index (χ0) is 12.1. The van der Waals surface area contributed by atoms with Crippen LogP contribution in [0.25, 0.3) is 0 Å². The fraction of sp³-hybridized carbons (Fsp3) is 0.500. The maximum absolute atomic E-state index is 11.5. The lowest BCUT2D eigenvalue weighted by Crippen LogP contribution is -2.42. The SMILES string of the molecule is CCCNC(=O)Cn1c(=O)ccn(C)c1=O. The second-order valence-electron chi connectivity index (χ2n) is 3.48. The van der Waals surface area contributed by atoms with Crippen LogP contribution < -0.4 is 16.6 Å². The van der Waals surface area contributed by atoms with Gasteiger partial charge < -0.3 is 9.88 Å². The van der Waals surface area contributed by atoms with Gasteiger partial charge in [0.15, 0.2) is 0 Å². The molecule has 1 heterocycles. The normalized spacial score (nSPS) is 10.1. The molecule has 16 heavy (non-hydrogen) atoms. The average molecular weight is 225 g/mol. The van der Waals surface area contributed by atoms with Crippen molar-refractivity contribution in [1.82, 2.24) is 14.5 Å². The molecular weight excluding hydrogens is 210 g/mol. The minimum Gasteiger partial charge on any atom is -0.355 e. The number of amides is 1. The molecule has 1 N–H and O–H groups in total. The van der Waals surface area contributed by atoms with E-state index < -0.39 is 11.2 Å². The second-order valence-corrected chi connectivity index (χ2v) is 3.48. The monoisotopic (exact) mass is 225 g/mol. The number of hydrogen-bond acceptors (Lipinski definition) is 3. The van der Waals surface area contributed by atoms with Crippen molar-refractivity contribution < 1.29 is 4.79 Å². The number of nitrogens with one attached hydrogen (secondary N) is 1.